The first-order chi connectivity index (χ1) is 5.24. The van der Waals surface area contributed by atoms with Crippen molar-refractivity contribution in [3.8, 4) is 0 Å². The van der Waals surface area contributed by atoms with E-state index in [9.17, 15) is 4.79 Å². The van der Waals surface area contributed by atoms with E-state index in [0.29, 0.717) is 12.9 Å². The summed E-state index contributed by atoms with van der Waals surface area (Å²) in [5.41, 5.74) is 0. The highest BCUT2D eigenvalue weighted by molar-refractivity contribution is 5.37. The lowest BCUT2D eigenvalue weighted by molar-refractivity contribution is -0.163. The summed E-state index contributed by atoms with van der Waals surface area (Å²) in [6.07, 6.45) is 0.0773. The minimum absolute atomic E-state index is 0.0277. The Labute approximate surface area is 66.4 Å². The van der Waals surface area contributed by atoms with Gasteiger partial charge in [-0.25, -0.2) is 0 Å². The van der Waals surface area contributed by atoms with Gasteiger partial charge in [-0.3, -0.25) is 4.79 Å². The van der Waals surface area contributed by atoms with E-state index in [1.807, 2.05) is 6.92 Å². The van der Waals surface area contributed by atoms with Gasteiger partial charge in [0.1, 0.15) is 0 Å². The van der Waals surface area contributed by atoms with Crippen LogP contribution in [0.5, 0.6) is 0 Å². The molecule has 66 valence electrons. The van der Waals surface area contributed by atoms with Crippen LogP contribution in [-0.4, -0.2) is 33.1 Å². The Morgan fingerprint density at radius 2 is 2.00 bits per heavy atom. The predicted octanol–water partition coefficient (Wildman–Crippen LogP) is 0.557. The first-order valence-corrected chi connectivity index (χ1v) is 3.39. The minimum Gasteiger partial charge on any atom is -0.438 e. The summed E-state index contributed by atoms with van der Waals surface area (Å²) in [4.78, 5) is 9.90. The van der Waals surface area contributed by atoms with Crippen LogP contribution in [0.4, 0.5) is 0 Å². The Bertz CT molecular complexity index is 105. The highest BCUT2D eigenvalue weighted by Gasteiger charge is 2.11. The van der Waals surface area contributed by atoms with Crippen molar-refractivity contribution in [2.24, 2.45) is 0 Å². The minimum atomic E-state index is -0.498. The fourth-order valence-electron chi connectivity index (χ4n) is 0.637. The summed E-state index contributed by atoms with van der Waals surface area (Å²) in [5, 5.41) is 0. The number of methoxy groups -OCH3 is 2. The van der Waals surface area contributed by atoms with E-state index in [0.717, 1.165) is 0 Å². The van der Waals surface area contributed by atoms with E-state index >= 15 is 0 Å². The zero-order valence-electron chi connectivity index (χ0n) is 7.07. The summed E-state index contributed by atoms with van der Waals surface area (Å²) >= 11 is 0. The molecule has 4 nitrogen and oxygen atoms in total. The first kappa shape index (κ1) is 10.4. The van der Waals surface area contributed by atoms with Crippen LogP contribution in [0.1, 0.15) is 13.3 Å². The maximum Gasteiger partial charge on any atom is 0.295 e. The quantitative estimate of drug-likeness (QED) is 0.423. The van der Waals surface area contributed by atoms with E-state index in [4.69, 9.17) is 9.47 Å². The van der Waals surface area contributed by atoms with Crippen LogP contribution in [-0.2, 0) is 19.0 Å². The second kappa shape index (κ2) is 6.12. The standard InChI is InChI=1S/C7H14O4/c1-6(9-2)4-7(10-3)11-5-8/h5-7H,4H2,1-3H3. The Kier molecular flexibility index (Phi) is 5.78. The van der Waals surface area contributed by atoms with Crippen LogP contribution in [0.3, 0.4) is 0 Å². The number of hydrogen-bond donors (Lipinski definition) is 0. The average molecular weight is 162 g/mol. The molecule has 0 aromatic rings. The summed E-state index contributed by atoms with van der Waals surface area (Å²) in [7, 11) is 3.08. The average Bonchev–Trinajstić information content (AvgIpc) is 2.03. The Balaban J connectivity index is 3.57. The Hall–Kier alpha value is -0.610. The molecule has 0 aromatic heterocycles. The molecule has 0 N–H and O–H groups in total. The number of rotatable bonds is 6. The van der Waals surface area contributed by atoms with Gasteiger partial charge in [-0.05, 0) is 6.92 Å². The van der Waals surface area contributed by atoms with Gasteiger partial charge in [0.2, 0.25) is 6.29 Å². The maximum absolute atomic E-state index is 9.90. The van der Waals surface area contributed by atoms with Crippen LogP contribution in [0.15, 0.2) is 0 Å². The van der Waals surface area contributed by atoms with Crippen LogP contribution in [0, 0.1) is 0 Å². The van der Waals surface area contributed by atoms with Gasteiger partial charge in [0.05, 0.1) is 6.10 Å². The second-order valence-electron chi connectivity index (χ2n) is 2.18. The molecule has 0 heterocycles. The largest absolute Gasteiger partial charge is 0.438 e. The van der Waals surface area contributed by atoms with Gasteiger partial charge in [0.25, 0.3) is 6.47 Å². The number of carbonyl (C=O) groups excluding carboxylic acids is 1. The number of ether oxygens (including phenoxy) is 3. The summed E-state index contributed by atoms with van der Waals surface area (Å²) in [5.74, 6) is 0. The van der Waals surface area contributed by atoms with Crippen molar-refractivity contribution in [3.05, 3.63) is 0 Å². The molecule has 0 saturated heterocycles. The molecule has 2 atom stereocenters. The molecule has 0 rings (SSSR count). The highest BCUT2D eigenvalue weighted by atomic mass is 16.7. The Morgan fingerprint density at radius 3 is 2.36 bits per heavy atom. The summed E-state index contributed by atoms with van der Waals surface area (Å²) in [6, 6.07) is 0. The second-order valence-corrected chi connectivity index (χ2v) is 2.18. The third-order valence-corrected chi connectivity index (χ3v) is 1.40. The third kappa shape index (κ3) is 4.75. The SMILES string of the molecule is COC(C)CC(OC)OC=O. The third-order valence-electron chi connectivity index (χ3n) is 1.40. The number of hydrogen-bond acceptors (Lipinski definition) is 4. The molecule has 0 radical (unpaired) electrons. The van der Waals surface area contributed by atoms with Gasteiger partial charge < -0.3 is 14.2 Å². The van der Waals surface area contributed by atoms with Gasteiger partial charge in [-0.15, -0.1) is 0 Å². The zero-order chi connectivity index (χ0) is 8.69. The smallest absolute Gasteiger partial charge is 0.295 e. The van der Waals surface area contributed by atoms with Crippen LogP contribution in [0.2, 0.25) is 0 Å². The molecule has 0 fully saturated rings. The zero-order valence-corrected chi connectivity index (χ0v) is 7.07. The van der Waals surface area contributed by atoms with Crippen molar-refractivity contribution in [2.45, 2.75) is 25.7 Å². The lowest BCUT2D eigenvalue weighted by atomic mass is 10.3. The molecular weight excluding hydrogens is 148 g/mol. The van der Waals surface area contributed by atoms with E-state index in [1.165, 1.54) is 7.11 Å². The first-order valence-electron chi connectivity index (χ1n) is 3.39. The van der Waals surface area contributed by atoms with Gasteiger partial charge >= 0.3 is 0 Å². The lowest BCUT2D eigenvalue weighted by Crippen LogP contribution is -2.21. The lowest BCUT2D eigenvalue weighted by Gasteiger charge is -2.16. The maximum atomic E-state index is 9.90. The van der Waals surface area contributed by atoms with E-state index in [1.54, 1.807) is 7.11 Å². The summed E-state index contributed by atoms with van der Waals surface area (Å²) < 4.78 is 14.4. The van der Waals surface area contributed by atoms with Crippen molar-refractivity contribution in [3.63, 3.8) is 0 Å². The molecule has 0 aliphatic heterocycles. The van der Waals surface area contributed by atoms with Gasteiger partial charge in [0.15, 0.2) is 0 Å². The molecule has 4 heteroatoms. The van der Waals surface area contributed by atoms with E-state index in [2.05, 4.69) is 4.74 Å². The van der Waals surface area contributed by atoms with Gasteiger partial charge in [0, 0.05) is 20.6 Å². The van der Waals surface area contributed by atoms with E-state index < -0.39 is 6.29 Å². The normalized spacial score (nSPS) is 15.5. The van der Waals surface area contributed by atoms with Crippen molar-refractivity contribution < 1.29 is 19.0 Å². The van der Waals surface area contributed by atoms with Crippen LogP contribution < -0.4 is 0 Å². The van der Waals surface area contributed by atoms with Crippen molar-refractivity contribution in [1.29, 1.82) is 0 Å². The molecule has 2 unspecified atom stereocenters. The van der Waals surface area contributed by atoms with Crippen LogP contribution >= 0.6 is 0 Å². The van der Waals surface area contributed by atoms with Gasteiger partial charge in [-0.1, -0.05) is 0 Å². The summed E-state index contributed by atoms with van der Waals surface area (Å²) in [6.45, 7) is 2.25. The van der Waals surface area contributed by atoms with Crippen molar-refractivity contribution in [1.82, 2.24) is 0 Å². The monoisotopic (exact) mass is 162 g/mol. The Morgan fingerprint density at radius 1 is 1.36 bits per heavy atom. The predicted molar refractivity (Wildman–Crippen MR) is 39.0 cm³/mol. The molecule has 0 saturated carbocycles. The highest BCUT2D eigenvalue weighted by Crippen LogP contribution is 2.04. The molecule has 0 bridgehead atoms. The fourth-order valence-corrected chi connectivity index (χ4v) is 0.637. The van der Waals surface area contributed by atoms with Gasteiger partial charge in [-0.2, -0.15) is 0 Å². The molecule has 11 heavy (non-hydrogen) atoms. The molecule has 0 spiro atoms. The molecule has 0 amide bonds. The van der Waals surface area contributed by atoms with Crippen molar-refractivity contribution in [2.75, 3.05) is 14.2 Å². The molecular formula is C7H14O4. The molecule has 0 aliphatic rings. The van der Waals surface area contributed by atoms with Crippen molar-refractivity contribution >= 4 is 6.47 Å². The molecule has 0 aromatic carbocycles. The number of carbonyl (C=O) groups is 1. The topological polar surface area (TPSA) is 44.8 Å². The fraction of sp³-hybridized carbons (Fsp3) is 0.857. The molecule has 0 aliphatic carbocycles. The van der Waals surface area contributed by atoms with E-state index in [-0.39, 0.29) is 6.10 Å². The van der Waals surface area contributed by atoms with Crippen LogP contribution in [0.25, 0.3) is 0 Å².